The number of carbonyl (C=O) groups excluding carboxylic acids is 1. The van der Waals surface area contributed by atoms with Crippen LogP contribution < -0.4 is 15.4 Å². The summed E-state index contributed by atoms with van der Waals surface area (Å²) in [6.07, 6.45) is 1.78. The molecule has 0 aromatic heterocycles. The highest BCUT2D eigenvalue weighted by atomic mass is 35.5. The molecule has 1 amide bonds. The van der Waals surface area contributed by atoms with Gasteiger partial charge in [0, 0.05) is 6.04 Å². The molecule has 1 aliphatic rings. The van der Waals surface area contributed by atoms with Crippen molar-refractivity contribution in [2.24, 2.45) is 0 Å². The van der Waals surface area contributed by atoms with Crippen molar-refractivity contribution in [3.63, 3.8) is 0 Å². The third-order valence-corrected chi connectivity index (χ3v) is 3.08. The second-order valence-electron chi connectivity index (χ2n) is 4.34. The Balaban J connectivity index is 0.00000180. The molecule has 1 aromatic carbocycles. The van der Waals surface area contributed by atoms with Crippen molar-refractivity contribution in [2.75, 3.05) is 20.2 Å². The first-order valence-corrected chi connectivity index (χ1v) is 6.06. The van der Waals surface area contributed by atoms with Crippen molar-refractivity contribution in [3.8, 4) is 5.75 Å². The molecule has 0 atom stereocenters. The summed E-state index contributed by atoms with van der Waals surface area (Å²) >= 11 is 0. The van der Waals surface area contributed by atoms with Gasteiger partial charge in [0.15, 0.2) is 0 Å². The highest BCUT2D eigenvalue weighted by Crippen LogP contribution is 2.19. The third kappa shape index (κ3) is 4.08. The number of nitrogens with one attached hydrogen (secondary N) is 2. The van der Waals surface area contributed by atoms with E-state index in [1.807, 2.05) is 0 Å². The number of hydrogen-bond donors (Lipinski definition) is 2. The van der Waals surface area contributed by atoms with Gasteiger partial charge >= 0.3 is 0 Å². The van der Waals surface area contributed by atoms with E-state index in [4.69, 9.17) is 4.74 Å². The molecule has 1 fully saturated rings. The number of methoxy groups -OCH3 is 1. The molecule has 1 heterocycles. The van der Waals surface area contributed by atoms with E-state index in [0.29, 0.717) is 5.75 Å². The number of ether oxygens (including phenoxy) is 1. The lowest BCUT2D eigenvalue weighted by Gasteiger charge is -2.24. The molecule has 0 bridgehead atoms. The SMILES string of the molecule is COc1ccc(F)cc1C(=O)NC1CCNCC1.Cl. The van der Waals surface area contributed by atoms with E-state index >= 15 is 0 Å². The lowest BCUT2D eigenvalue weighted by Crippen LogP contribution is -2.42. The fraction of sp³-hybridized carbons (Fsp3) is 0.462. The van der Waals surface area contributed by atoms with Crippen LogP contribution in [0.15, 0.2) is 18.2 Å². The maximum absolute atomic E-state index is 13.2. The normalized spacial score (nSPS) is 15.5. The van der Waals surface area contributed by atoms with Gasteiger partial charge in [-0.3, -0.25) is 4.79 Å². The Bertz CT molecular complexity index is 437. The minimum Gasteiger partial charge on any atom is -0.496 e. The summed E-state index contributed by atoms with van der Waals surface area (Å²) in [5, 5.41) is 6.13. The molecule has 1 saturated heterocycles. The second kappa shape index (κ2) is 7.31. The molecular formula is C13H18ClFN2O2. The van der Waals surface area contributed by atoms with Gasteiger partial charge in [-0.25, -0.2) is 4.39 Å². The second-order valence-corrected chi connectivity index (χ2v) is 4.34. The number of hydrogen-bond acceptors (Lipinski definition) is 3. The van der Waals surface area contributed by atoms with Gasteiger partial charge in [0.2, 0.25) is 0 Å². The summed E-state index contributed by atoms with van der Waals surface area (Å²) in [4.78, 5) is 12.1. The predicted molar refractivity (Wildman–Crippen MR) is 73.6 cm³/mol. The van der Waals surface area contributed by atoms with Crippen molar-refractivity contribution in [3.05, 3.63) is 29.6 Å². The highest BCUT2D eigenvalue weighted by Gasteiger charge is 2.19. The van der Waals surface area contributed by atoms with E-state index < -0.39 is 5.82 Å². The number of amides is 1. The van der Waals surface area contributed by atoms with E-state index in [-0.39, 0.29) is 29.9 Å². The fourth-order valence-electron chi connectivity index (χ4n) is 2.09. The molecular weight excluding hydrogens is 271 g/mol. The molecule has 106 valence electrons. The van der Waals surface area contributed by atoms with Gasteiger partial charge in [0.1, 0.15) is 11.6 Å². The smallest absolute Gasteiger partial charge is 0.255 e. The first kappa shape index (κ1) is 15.7. The van der Waals surface area contributed by atoms with Crippen LogP contribution in [-0.2, 0) is 0 Å². The van der Waals surface area contributed by atoms with Crippen LogP contribution in [0.3, 0.4) is 0 Å². The van der Waals surface area contributed by atoms with Gasteiger partial charge in [-0.05, 0) is 44.1 Å². The van der Waals surface area contributed by atoms with Crippen LogP contribution >= 0.6 is 12.4 Å². The Morgan fingerprint density at radius 2 is 2.11 bits per heavy atom. The van der Waals surface area contributed by atoms with Crippen molar-refractivity contribution in [1.82, 2.24) is 10.6 Å². The topological polar surface area (TPSA) is 50.4 Å². The van der Waals surface area contributed by atoms with Gasteiger partial charge in [-0.15, -0.1) is 12.4 Å². The molecule has 1 aromatic rings. The number of piperidine rings is 1. The van der Waals surface area contributed by atoms with Crippen LogP contribution in [0.5, 0.6) is 5.75 Å². The van der Waals surface area contributed by atoms with Gasteiger partial charge in [0.25, 0.3) is 5.91 Å². The largest absolute Gasteiger partial charge is 0.496 e. The average Bonchev–Trinajstić information content (AvgIpc) is 2.40. The Morgan fingerprint density at radius 1 is 1.42 bits per heavy atom. The number of rotatable bonds is 3. The van der Waals surface area contributed by atoms with Crippen LogP contribution in [0, 0.1) is 5.82 Å². The molecule has 19 heavy (non-hydrogen) atoms. The fourth-order valence-corrected chi connectivity index (χ4v) is 2.09. The molecule has 0 radical (unpaired) electrons. The summed E-state index contributed by atoms with van der Waals surface area (Å²) in [5.41, 5.74) is 0.246. The van der Waals surface area contributed by atoms with Crippen LogP contribution in [-0.4, -0.2) is 32.1 Å². The zero-order chi connectivity index (χ0) is 13.0. The maximum Gasteiger partial charge on any atom is 0.255 e. The molecule has 0 saturated carbocycles. The van der Waals surface area contributed by atoms with Crippen LogP contribution in [0.1, 0.15) is 23.2 Å². The first-order valence-electron chi connectivity index (χ1n) is 6.06. The Kier molecular flexibility index (Phi) is 6.05. The van der Waals surface area contributed by atoms with E-state index in [9.17, 15) is 9.18 Å². The molecule has 0 spiro atoms. The zero-order valence-electron chi connectivity index (χ0n) is 10.7. The van der Waals surface area contributed by atoms with E-state index in [1.54, 1.807) is 0 Å². The summed E-state index contributed by atoms with van der Waals surface area (Å²) in [7, 11) is 1.47. The Labute approximate surface area is 118 Å². The number of carbonyl (C=O) groups is 1. The Hall–Kier alpha value is -1.33. The lowest BCUT2D eigenvalue weighted by atomic mass is 10.1. The van der Waals surface area contributed by atoms with E-state index in [1.165, 1.54) is 25.3 Å². The molecule has 4 nitrogen and oxygen atoms in total. The van der Waals surface area contributed by atoms with Crippen molar-refractivity contribution in [1.29, 1.82) is 0 Å². The summed E-state index contributed by atoms with van der Waals surface area (Å²) in [5.74, 6) is -0.327. The summed E-state index contributed by atoms with van der Waals surface area (Å²) in [6.45, 7) is 1.79. The van der Waals surface area contributed by atoms with Crippen LogP contribution in [0.25, 0.3) is 0 Å². The minimum absolute atomic E-state index is 0. The lowest BCUT2D eigenvalue weighted by molar-refractivity contribution is 0.0926. The van der Waals surface area contributed by atoms with Crippen LogP contribution in [0.4, 0.5) is 4.39 Å². The molecule has 2 N–H and O–H groups in total. The van der Waals surface area contributed by atoms with Crippen LogP contribution in [0.2, 0.25) is 0 Å². The molecule has 1 aliphatic heterocycles. The standard InChI is InChI=1S/C13H17FN2O2.ClH/c1-18-12-3-2-9(14)8-11(12)13(17)16-10-4-6-15-7-5-10;/h2-3,8,10,15H,4-7H2,1H3,(H,16,17);1H. The zero-order valence-corrected chi connectivity index (χ0v) is 11.6. The third-order valence-electron chi connectivity index (χ3n) is 3.08. The quantitative estimate of drug-likeness (QED) is 0.891. The first-order chi connectivity index (χ1) is 8.70. The summed E-state index contributed by atoms with van der Waals surface area (Å²) < 4.78 is 18.2. The van der Waals surface area contributed by atoms with Gasteiger partial charge in [0.05, 0.1) is 12.7 Å². The number of halogens is 2. The predicted octanol–water partition coefficient (Wildman–Crippen LogP) is 1.74. The number of benzene rings is 1. The van der Waals surface area contributed by atoms with Crippen molar-refractivity contribution >= 4 is 18.3 Å². The molecule has 6 heteroatoms. The maximum atomic E-state index is 13.2. The molecule has 2 rings (SSSR count). The summed E-state index contributed by atoms with van der Waals surface area (Å²) in [6, 6.07) is 4.09. The van der Waals surface area contributed by atoms with E-state index in [0.717, 1.165) is 25.9 Å². The highest BCUT2D eigenvalue weighted by molar-refractivity contribution is 5.97. The van der Waals surface area contributed by atoms with Gasteiger partial charge < -0.3 is 15.4 Å². The average molecular weight is 289 g/mol. The minimum atomic E-state index is -0.439. The van der Waals surface area contributed by atoms with Gasteiger partial charge in [-0.1, -0.05) is 0 Å². The van der Waals surface area contributed by atoms with Crippen molar-refractivity contribution < 1.29 is 13.9 Å². The molecule has 0 aliphatic carbocycles. The van der Waals surface area contributed by atoms with E-state index in [2.05, 4.69) is 10.6 Å². The molecule has 0 unspecified atom stereocenters. The Morgan fingerprint density at radius 3 is 2.74 bits per heavy atom. The van der Waals surface area contributed by atoms with Crippen molar-refractivity contribution in [2.45, 2.75) is 18.9 Å². The van der Waals surface area contributed by atoms with Gasteiger partial charge in [-0.2, -0.15) is 0 Å². The monoisotopic (exact) mass is 288 g/mol.